The molecule has 1 aromatic carbocycles. The third kappa shape index (κ3) is 2.47. The van der Waals surface area contributed by atoms with Gasteiger partial charge in [-0.3, -0.25) is 0 Å². The summed E-state index contributed by atoms with van der Waals surface area (Å²) >= 11 is 0. The van der Waals surface area contributed by atoms with Crippen LogP contribution in [0, 0.1) is 0 Å². The lowest BCUT2D eigenvalue weighted by atomic mass is 10.1. The summed E-state index contributed by atoms with van der Waals surface area (Å²) in [6, 6.07) is 6.82. The summed E-state index contributed by atoms with van der Waals surface area (Å²) in [4.78, 5) is 0.269. The van der Waals surface area contributed by atoms with Crippen LogP contribution >= 0.6 is 0 Å². The monoisotopic (exact) mass is 293 g/mol. The summed E-state index contributed by atoms with van der Waals surface area (Å²) in [5.74, 6) is 0.416. The Morgan fingerprint density at radius 1 is 1.00 bits per heavy atom. The molecule has 1 aliphatic carbocycles. The third-order valence-corrected chi connectivity index (χ3v) is 5.95. The molecule has 1 saturated heterocycles. The van der Waals surface area contributed by atoms with Gasteiger partial charge in [0, 0.05) is 13.1 Å². The molecular weight excluding hydrogens is 274 g/mol. The predicted octanol–water partition coefficient (Wildman–Crippen LogP) is 2.57. The van der Waals surface area contributed by atoms with E-state index < -0.39 is 10.0 Å². The van der Waals surface area contributed by atoms with Gasteiger partial charge in [0.2, 0.25) is 10.0 Å². The normalized spacial score (nSPS) is 20.1. The first-order chi connectivity index (χ1) is 9.63. The van der Waals surface area contributed by atoms with E-state index >= 15 is 0 Å². The van der Waals surface area contributed by atoms with Crippen molar-refractivity contribution in [2.45, 2.75) is 30.6 Å². The Balaban J connectivity index is 1.84. The highest BCUT2D eigenvalue weighted by molar-refractivity contribution is 7.89. The zero-order valence-electron chi connectivity index (χ0n) is 11.6. The number of nitrogens with zero attached hydrogens (tertiary/aromatic N) is 1. The van der Waals surface area contributed by atoms with Gasteiger partial charge in [0.05, 0.1) is 7.11 Å². The molecule has 3 rings (SSSR count). The Bertz CT molecular complexity index is 633. The van der Waals surface area contributed by atoms with Crippen molar-refractivity contribution < 1.29 is 13.2 Å². The molecule has 1 aliphatic heterocycles. The molecule has 0 amide bonds. The zero-order valence-corrected chi connectivity index (χ0v) is 12.4. The second-order valence-electron chi connectivity index (χ2n) is 5.26. The smallest absolute Gasteiger partial charge is 0.246 e. The number of rotatable bonds is 3. The largest absolute Gasteiger partial charge is 0.495 e. The fraction of sp³-hybridized carbons (Fsp3) is 0.467. The predicted molar refractivity (Wildman–Crippen MR) is 77.2 cm³/mol. The van der Waals surface area contributed by atoms with Crippen LogP contribution in [0.3, 0.4) is 0 Å². The van der Waals surface area contributed by atoms with Crippen LogP contribution in [0.15, 0.2) is 40.3 Å². The topological polar surface area (TPSA) is 46.6 Å². The maximum absolute atomic E-state index is 12.7. The maximum Gasteiger partial charge on any atom is 0.246 e. The first-order valence-corrected chi connectivity index (χ1v) is 8.40. The van der Waals surface area contributed by atoms with Crippen molar-refractivity contribution in [3.05, 3.63) is 35.4 Å². The van der Waals surface area contributed by atoms with Gasteiger partial charge in [-0.25, -0.2) is 8.42 Å². The summed E-state index contributed by atoms with van der Waals surface area (Å²) in [5.41, 5.74) is 3.04. The zero-order chi connectivity index (χ0) is 14.2. The molecule has 0 spiro atoms. The quantitative estimate of drug-likeness (QED) is 0.805. The molecule has 0 aromatic heterocycles. The van der Waals surface area contributed by atoms with E-state index in [2.05, 4.69) is 0 Å². The summed E-state index contributed by atoms with van der Waals surface area (Å²) in [6.07, 6.45) is 4.19. The number of ether oxygens (including phenoxy) is 1. The van der Waals surface area contributed by atoms with E-state index in [9.17, 15) is 8.42 Å². The molecule has 0 N–H and O–H groups in total. The Kier molecular flexibility index (Phi) is 3.56. The molecule has 0 atom stereocenters. The van der Waals surface area contributed by atoms with Gasteiger partial charge in [-0.15, -0.1) is 0 Å². The molecule has 1 heterocycles. The average molecular weight is 293 g/mol. The van der Waals surface area contributed by atoms with Crippen molar-refractivity contribution in [2.75, 3.05) is 20.2 Å². The van der Waals surface area contributed by atoms with Crippen molar-refractivity contribution >= 4 is 10.0 Å². The van der Waals surface area contributed by atoms with E-state index in [1.807, 2.05) is 0 Å². The fourth-order valence-corrected chi connectivity index (χ4v) is 4.33. The van der Waals surface area contributed by atoms with Crippen molar-refractivity contribution in [1.29, 1.82) is 0 Å². The van der Waals surface area contributed by atoms with Gasteiger partial charge in [0.1, 0.15) is 10.6 Å². The first kappa shape index (κ1) is 13.6. The van der Waals surface area contributed by atoms with Crippen molar-refractivity contribution in [3.63, 3.8) is 0 Å². The molecule has 1 aromatic rings. The Morgan fingerprint density at radius 3 is 2.20 bits per heavy atom. The Labute approximate surface area is 120 Å². The molecule has 20 heavy (non-hydrogen) atoms. The molecular formula is C15H19NO3S. The van der Waals surface area contributed by atoms with Crippen LogP contribution in [-0.2, 0) is 10.0 Å². The number of piperidine rings is 1. The lowest BCUT2D eigenvalue weighted by Gasteiger charge is -2.28. The number of hydrogen-bond acceptors (Lipinski definition) is 3. The second kappa shape index (κ2) is 5.22. The number of methoxy groups -OCH3 is 1. The van der Waals surface area contributed by atoms with E-state index in [0.717, 1.165) is 12.8 Å². The van der Waals surface area contributed by atoms with E-state index in [4.69, 9.17) is 4.74 Å². The van der Waals surface area contributed by atoms with Crippen LogP contribution in [0.25, 0.3) is 0 Å². The van der Waals surface area contributed by atoms with E-state index in [-0.39, 0.29) is 4.90 Å². The number of benzene rings is 1. The molecule has 4 nitrogen and oxygen atoms in total. The minimum atomic E-state index is -3.45. The number of allylic oxidation sites excluding steroid dienone is 1. The van der Waals surface area contributed by atoms with Gasteiger partial charge in [0.15, 0.2) is 0 Å². The van der Waals surface area contributed by atoms with Gasteiger partial charge >= 0.3 is 0 Å². The van der Waals surface area contributed by atoms with E-state index in [1.165, 1.54) is 25.5 Å². The van der Waals surface area contributed by atoms with Gasteiger partial charge in [-0.05, 0) is 37.8 Å². The lowest BCUT2D eigenvalue weighted by molar-refractivity contribution is 0.375. The minimum Gasteiger partial charge on any atom is -0.495 e. The van der Waals surface area contributed by atoms with Gasteiger partial charge in [-0.1, -0.05) is 23.3 Å². The second-order valence-corrected chi connectivity index (χ2v) is 7.17. The highest BCUT2D eigenvalue weighted by Crippen LogP contribution is 2.37. The van der Waals surface area contributed by atoms with Gasteiger partial charge in [-0.2, -0.15) is 4.31 Å². The van der Waals surface area contributed by atoms with Crippen LogP contribution in [-0.4, -0.2) is 32.9 Å². The van der Waals surface area contributed by atoms with Gasteiger partial charge in [0.25, 0.3) is 0 Å². The molecule has 0 unspecified atom stereocenters. The highest BCUT2D eigenvalue weighted by Gasteiger charge is 2.31. The van der Waals surface area contributed by atoms with Crippen LogP contribution in [0.1, 0.15) is 25.7 Å². The summed E-state index contributed by atoms with van der Waals surface area (Å²) in [5, 5.41) is 0. The minimum absolute atomic E-state index is 0.269. The first-order valence-electron chi connectivity index (χ1n) is 6.96. The number of sulfonamides is 1. The summed E-state index contributed by atoms with van der Waals surface area (Å²) < 4.78 is 32.1. The summed E-state index contributed by atoms with van der Waals surface area (Å²) in [6.45, 7) is 1.17. The molecule has 2 fully saturated rings. The molecule has 5 heteroatoms. The number of para-hydroxylation sites is 1. The molecule has 0 bridgehead atoms. The molecule has 1 saturated carbocycles. The van der Waals surface area contributed by atoms with E-state index in [0.29, 0.717) is 18.8 Å². The van der Waals surface area contributed by atoms with Crippen LogP contribution < -0.4 is 4.74 Å². The van der Waals surface area contributed by atoms with Crippen LogP contribution in [0.2, 0.25) is 0 Å². The van der Waals surface area contributed by atoms with Crippen LogP contribution in [0.5, 0.6) is 5.75 Å². The lowest BCUT2D eigenvalue weighted by Crippen LogP contribution is -2.36. The van der Waals surface area contributed by atoms with E-state index in [1.54, 1.807) is 34.1 Å². The van der Waals surface area contributed by atoms with Crippen LogP contribution in [0.4, 0.5) is 0 Å². The average Bonchev–Trinajstić information content (AvgIpc) is 3.32. The third-order valence-electron chi connectivity index (χ3n) is 4.01. The Morgan fingerprint density at radius 2 is 1.60 bits per heavy atom. The Hall–Kier alpha value is -1.33. The molecule has 108 valence electrons. The van der Waals surface area contributed by atoms with Crippen molar-refractivity contribution in [1.82, 2.24) is 4.31 Å². The van der Waals surface area contributed by atoms with Crippen molar-refractivity contribution in [2.24, 2.45) is 0 Å². The number of hydrogen-bond donors (Lipinski definition) is 0. The summed E-state index contributed by atoms with van der Waals surface area (Å²) in [7, 11) is -1.95. The standard InChI is InChI=1S/C15H19NO3S/c1-19-14-4-2-3-5-15(14)20(17,18)16-10-8-13(9-11-16)12-6-7-12/h2-5H,6-11H2,1H3. The molecule has 0 radical (unpaired) electrons. The SMILES string of the molecule is COc1ccccc1S(=O)(=O)N1CCC(=C2CC2)CC1. The fourth-order valence-electron chi connectivity index (χ4n) is 2.74. The highest BCUT2D eigenvalue weighted by atomic mass is 32.2. The van der Waals surface area contributed by atoms with Gasteiger partial charge < -0.3 is 4.74 Å². The maximum atomic E-state index is 12.7. The van der Waals surface area contributed by atoms with Crippen molar-refractivity contribution in [3.8, 4) is 5.75 Å². The molecule has 2 aliphatic rings.